The molecule has 1 aromatic heterocycles. The summed E-state index contributed by atoms with van der Waals surface area (Å²) >= 11 is 0. The highest BCUT2D eigenvalue weighted by molar-refractivity contribution is 5.76. The summed E-state index contributed by atoms with van der Waals surface area (Å²) in [6.45, 7) is 8.11. The van der Waals surface area contributed by atoms with Gasteiger partial charge < -0.3 is 15.2 Å². The van der Waals surface area contributed by atoms with Crippen molar-refractivity contribution < 1.29 is 14.6 Å². The Kier molecular flexibility index (Phi) is 6.62. The topological polar surface area (TPSA) is 71.5 Å². The molecule has 0 aromatic carbocycles. The Bertz CT molecular complexity index is 453. The number of amides is 1. The Balaban J connectivity index is 2.41. The van der Waals surface area contributed by atoms with Crippen molar-refractivity contribution in [2.45, 2.75) is 58.7 Å². The molecule has 0 aliphatic carbocycles. The number of hydrogen-bond acceptors (Lipinski definition) is 4. The monoisotopic (exact) mass is 294 g/mol. The molecule has 1 heterocycles. The number of nitrogens with zero attached hydrogens (tertiary/aromatic N) is 1. The number of nitrogens with one attached hydrogen (secondary N) is 1. The summed E-state index contributed by atoms with van der Waals surface area (Å²) in [6.07, 6.45) is 1.13. The van der Waals surface area contributed by atoms with Crippen LogP contribution in [0.25, 0.3) is 0 Å². The van der Waals surface area contributed by atoms with Crippen molar-refractivity contribution in [1.82, 2.24) is 10.3 Å². The van der Waals surface area contributed by atoms with Gasteiger partial charge in [0.25, 0.3) is 0 Å². The van der Waals surface area contributed by atoms with E-state index in [1.54, 1.807) is 6.92 Å². The molecule has 1 unspecified atom stereocenters. The van der Waals surface area contributed by atoms with E-state index in [2.05, 4.69) is 10.3 Å². The van der Waals surface area contributed by atoms with Crippen LogP contribution >= 0.6 is 0 Å². The van der Waals surface area contributed by atoms with Gasteiger partial charge in [-0.05, 0) is 46.6 Å². The quantitative estimate of drug-likeness (QED) is 0.807. The summed E-state index contributed by atoms with van der Waals surface area (Å²) in [5.74, 6) is 0.550. The van der Waals surface area contributed by atoms with Crippen LogP contribution in [0.15, 0.2) is 18.2 Å². The van der Waals surface area contributed by atoms with E-state index in [0.717, 1.165) is 5.69 Å². The average Bonchev–Trinajstić information content (AvgIpc) is 2.34. The van der Waals surface area contributed by atoms with E-state index in [9.17, 15) is 4.79 Å². The van der Waals surface area contributed by atoms with Gasteiger partial charge in [0.2, 0.25) is 11.8 Å². The lowest BCUT2D eigenvalue weighted by atomic mass is 10.2. The van der Waals surface area contributed by atoms with Crippen molar-refractivity contribution in [2.75, 3.05) is 6.54 Å². The fourth-order valence-electron chi connectivity index (χ4n) is 1.72. The van der Waals surface area contributed by atoms with Crippen LogP contribution < -0.4 is 10.1 Å². The first-order valence-electron chi connectivity index (χ1n) is 7.36. The number of rotatable bonds is 7. The van der Waals surface area contributed by atoms with E-state index in [1.165, 1.54) is 0 Å². The summed E-state index contributed by atoms with van der Waals surface area (Å²) in [5.41, 5.74) is 0.548. The van der Waals surface area contributed by atoms with Gasteiger partial charge in [0.1, 0.15) is 5.60 Å². The number of aryl methyl sites for hydroxylation is 1. The Morgan fingerprint density at radius 3 is 2.76 bits per heavy atom. The minimum absolute atomic E-state index is 0.0282. The summed E-state index contributed by atoms with van der Waals surface area (Å²) in [7, 11) is 0. The summed E-state index contributed by atoms with van der Waals surface area (Å²) in [6, 6.07) is 5.59. The summed E-state index contributed by atoms with van der Waals surface area (Å²) in [4.78, 5) is 16.1. The number of carbonyl (C=O) groups is 1. The van der Waals surface area contributed by atoms with Gasteiger partial charge in [0.05, 0.1) is 6.10 Å². The predicted octanol–water partition coefficient (Wildman–Crippen LogP) is 2.08. The fourth-order valence-corrected chi connectivity index (χ4v) is 1.72. The van der Waals surface area contributed by atoms with Crippen LogP contribution in [0.5, 0.6) is 5.88 Å². The highest BCUT2D eigenvalue weighted by Gasteiger charge is 2.13. The standard InChI is InChI=1S/C16H26N2O3/c1-12(19)10-11-17-14(20)9-8-13-6-5-7-15(18-13)21-16(2,3)4/h5-7,12,19H,8-11H2,1-4H3,(H,17,20). The maximum absolute atomic E-state index is 11.7. The Morgan fingerprint density at radius 2 is 2.14 bits per heavy atom. The van der Waals surface area contributed by atoms with Crippen LogP contribution in [0, 0.1) is 0 Å². The molecule has 5 nitrogen and oxygen atoms in total. The molecule has 0 saturated heterocycles. The number of aromatic nitrogens is 1. The first-order valence-corrected chi connectivity index (χ1v) is 7.36. The van der Waals surface area contributed by atoms with Gasteiger partial charge >= 0.3 is 0 Å². The Hall–Kier alpha value is -1.62. The average molecular weight is 294 g/mol. The van der Waals surface area contributed by atoms with Crippen molar-refractivity contribution >= 4 is 5.91 Å². The predicted molar refractivity (Wildman–Crippen MR) is 82.2 cm³/mol. The van der Waals surface area contributed by atoms with Crippen molar-refractivity contribution in [3.63, 3.8) is 0 Å². The largest absolute Gasteiger partial charge is 0.472 e. The zero-order valence-electron chi connectivity index (χ0n) is 13.3. The van der Waals surface area contributed by atoms with Gasteiger partial charge in [-0.2, -0.15) is 0 Å². The van der Waals surface area contributed by atoms with Crippen LogP contribution in [-0.4, -0.2) is 34.2 Å². The van der Waals surface area contributed by atoms with E-state index < -0.39 is 6.10 Å². The number of aliphatic hydroxyl groups excluding tert-OH is 1. The molecule has 0 spiro atoms. The lowest BCUT2D eigenvalue weighted by molar-refractivity contribution is -0.121. The van der Waals surface area contributed by atoms with Crippen LogP contribution in [0.4, 0.5) is 0 Å². The molecule has 118 valence electrons. The van der Waals surface area contributed by atoms with Crippen LogP contribution in [0.1, 0.15) is 46.2 Å². The second-order valence-corrected chi connectivity index (χ2v) is 6.17. The van der Waals surface area contributed by atoms with Gasteiger partial charge in [-0.25, -0.2) is 4.98 Å². The van der Waals surface area contributed by atoms with E-state index >= 15 is 0 Å². The molecule has 5 heteroatoms. The second-order valence-electron chi connectivity index (χ2n) is 6.17. The molecule has 0 bridgehead atoms. The van der Waals surface area contributed by atoms with Crippen molar-refractivity contribution in [1.29, 1.82) is 0 Å². The number of pyridine rings is 1. The first-order chi connectivity index (χ1) is 9.76. The molecule has 1 aromatic rings. The molecule has 1 amide bonds. The van der Waals surface area contributed by atoms with E-state index in [1.807, 2.05) is 39.0 Å². The molecule has 0 radical (unpaired) electrons. The van der Waals surface area contributed by atoms with E-state index in [0.29, 0.717) is 31.7 Å². The van der Waals surface area contributed by atoms with Gasteiger partial charge in [-0.15, -0.1) is 0 Å². The zero-order chi connectivity index (χ0) is 15.9. The van der Waals surface area contributed by atoms with Crippen molar-refractivity contribution in [3.8, 4) is 5.88 Å². The minimum Gasteiger partial charge on any atom is -0.472 e. The molecule has 2 N–H and O–H groups in total. The lowest BCUT2D eigenvalue weighted by Crippen LogP contribution is -2.26. The molecule has 21 heavy (non-hydrogen) atoms. The summed E-state index contributed by atoms with van der Waals surface area (Å²) < 4.78 is 5.70. The third kappa shape index (κ3) is 8.30. The number of ether oxygens (including phenoxy) is 1. The van der Waals surface area contributed by atoms with Gasteiger partial charge in [-0.3, -0.25) is 4.79 Å². The van der Waals surface area contributed by atoms with Gasteiger partial charge in [0, 0.05) is 24.7 Å². The van der Waals surface area contributed by atoms with Crippen LogP contribution in [-0.2, 0) is 11.2 Å². The maximum atomic E-state index is 11.7. The molecule has 0 saturated carbocycles. The second kappa shape index (κ2) is 7.98. The number of hydrogen-bond donors (Lipinski definition) is 2. The smallest absolute Gasteiger partial charge is 0.220 e. The number of aliphatic hydroxyl groups is 1. The molecule has 0 aliphatic heterocycles. The highest BCUT2D eigenvalue weighted by Crippen LogP contribution is 2.16. The van der Waals surface area contributed by atoms with E-state index in [-0.39, 0.29) is 11.5 Å². The Morgan fingerprint density at radius 1 is 1.43 bits per heavy atom. The van der Waals surface area contributed by atoms with Crippen LogP contribution in [0.2, 0.25) is 0 Å². The van der Waals surface area contributed by atoms with E-state index in [4.69, 9.17) is 9.84 Å². The van der Waals surface area contributed by atoms with Gasteiger partial charge in [0.15, 0.2) is 0 Å². The molecule has 0 fully saturated rings. The van der Waals surface area contributed by atoms with Crippen molar-refractivity contribution in [3.05, 3.63) is 23.9 Å². The number of carbonyl (C=O) groups excluding carboxylic acids is 1. The molecule has 1 atom stereocenters. The minimum atomic E-state index is -0.391. The lowest BCUT2D eigenvalue weighted by Gasteiger charge is -2.20. The molecular formula is C16H26N2O3. The van der Waals surface area contributed by atoms with Gasteiger partial charge in [-0.1, -0.05) is 6.07 Å². The zero-order valence-corrected chi connectivity index (χ0v) is 13.3. The third-order valence-corrected chi connectivity index (χ3v) is 2.68. The Labute approximate surface area is 126 Å². The van der Waals surface area contributed by atoms with Crippen LogP contribution in [0.3, 0.4) is 0 Å². The maximum Gasteiger partial charge on any atom is 0.220 e. The van der Waals surface area contributed by atoms with Crippen molar-refractivity contribution in [2.24, 2.45) is 0 Å². The fraction of sp³-hybridized carbons (Fsp3) is 0.625. The SMILES string of the molecule is CC(O)CCNC(=O)CCc1cccc(OC(C)(C)C)n1. The third-order valence-electron chi connectivity index (χ3n) is 2.68. The first kappa shape index (κ1) is 17.4. The normalized spacial score (nSPS) is 12.8. The molecular weight excluding hydrogens is 268 g/mol. The highest BCUT2D eigenvalue weighted by atomic mass is 16.5. The molecule has 0 aliphatic rings. The molecule has 1 rings (SSSR count). The summed E-state index contributed by atoms with van der Waals surface area (Å²) in [5, 5.41) is 11.9.